The van der Waals surface area contributed by atoms with Crippen LogP contribution < -0.4 is 0 Å². The van der Waals surface area contributed by atoms with Crippen molar-refractivity contribution >= 4 is 0 Å². The van der Waals surface area contributed by atoms with Crippen molar-refractivity contribution in [2.75, 3.05) is 0 Å². The Morgan fingerprint density at radius 3 is 2.58 bits per heavy atom. The van der Waals surface area contributed by atoms with E-state index in [9.17, 15) is 0 Å². The van der Waals surface area contributed by atoms with Gasteiger partial charge >= 0.3 is 0 Å². The number of hydrogen-bond donors (Lipinski definition) is 0. The van der Waals surface area contributed by atoms with E-state index in [1.807, 2.05) is 6.08 Å². The molecule has 12 heavy (non-hydrogen) atoms. The molecule has 0 N–H and O–H groups in total. The van der Waals surface area contributed by atoms with Crippen LogP contribution in [0.2, 0.25) is 0 Å². The molecule has 0 nitrogen and oxygen atoms in total. The first-order chi connectivity index (χ1) is 5.66. The summed E-state index contributed by atoms with van der Waals surface area (Å²) in [6.07, 6.45) is 5.71. The lowest BCUT2D eigenvalue weighted by Crippen LogP contribution is -1.95. The second kappa shape index (κ2) is 3.75. The molecule has 1 unspecified atom stereocenters. The van der Waals surface area contributed by atoms with Gasteiger partial charge in [-0.05, 0) is 37.7 Å². The van der Waals surface area contributed by atoms with Gasteiger partial charge in [-0.15, -0.1) is 6.58 Å². The van der Waals surface area contributed by atoms with Crippen molar-refractivity contribution in [3.63, 3.8) is 0 Å². The normalized spacial score (nSPS) is 24.0. The van der Waals surface area contributed by atoms with E-state index in [4.69, 9.17) is 0 Å². The Hall–Kier alpha value is -0.780. The highest BCUT2D eigenvalue weighted by Crippen LogP contribution is 2.33. The van der Waals surface area contributed by atoms with Crippen LogP contribution in [0.4, 0.5) is 0 Å². The summed E-state index contributed by atoms with van der Waals surface area (Å²) >= 11 is 0. The molecule has 0 aromatic carbocycles. The Morgan fingerprint density at radius 2 is 2.17 bits per heavy atom. The van der Waals surface area contributed by atoms with Crippen molar-refractivity contribution in [2.45, 2.75) is 33.1 Å². The summed E-state index contributed by atoms with van der Waals surface area (Å²) in [5.41, 5.74) is 4.32. The molecule has 0 aliphatic heterocycles. The minimum Gasteiger partial charge on any atom is -0.102 e. The first kappa shape index (κ1) is 9.31. The summed E-state index contributed by atoms with van der Waals surface area (Å²) in [4.78, 5) is 0. The van der Waals surface area contributed by atoms with Crippen molar-refractivity contribution in [3.05, 3.63) is 36.0 Å². The van der Waals surface area contributed by atoms with Crippen LogP contribution in [0.1, 0.15) is 33.1 Å². The molecule has 0 radical (unpaired) electrons. The lowest BCUT2D eigenvalue weighted by atomic mass is 9.95. The van der Waals surface area contributed by atoms with Crippen LogP contribution in [0.5, 0.6) is 0 Å². The van der Waals surface area contributed by atoms with Crippen LogP contribution in [0.3, 0.4) is 0 Å². The standard InChI is InChI=1S/C12H18/c1-5-9(2)11(4)12-8-6-7-10(12)3/h5,9H,1,3,6-8H2,2,4H3/b12-11+. The average molecular weight is 162 g/mol. The third-order valence-electron chi connectivity index (χ3n) is 2.84. The lowest BCUT2D eigenvalue weighted by molar-refractivity contribution is 0.837. The lowest BCUT2D eigenvalue weighted by Gasteiger charge is -2.11. The fourth-order valence-electron chi connectivity index (χ4n) is 1.73. The Kier molecular flexibility index (Phi) is 2.91. The minimum atomic E-state index is 0.509. The van der Waals surface area contributed by atoms with Crippen molar-refractivity contribution in [2.24, 2.45) is 5.92 Å². The monoisotopic (exact) mass is 162 g/mol. The van der Waals surface area contributed by atoms with Gasteiger partial charge in [-0.25, -0.2) is 0 Å². The molecular weight excluding hydrogens is 144 g/mol. The van der Waals surface area contributed by atoms with Gasteiger partial charge in [0, 0.05) is 0 Å². The van der Waals surface area contributed by atoms with Gasteiger partial charge in [0.15, 0.2) is 0 Å². The van der Waals surface area contributed by atoms with E-state index in [1.54, 1.807) is 0 Å². The molecular formula is C12H18. The fraction of sp³-hybridized carbons (Fsp3) is 0.500. The van der Waals surface area contributed by atoms with Crippen LogP contribution in [0.15, 0.2) is 36.0 Å². The maximum atomic E-state index is 4.08. The van der Waals surface area contributed by atoms with Crippen molar-refractivity contribution in [1.29, 1.82) is 0 Å². The highest BCUT2D eigenvalue weighted by atomic mass is 14.2. The van der Waals surface area contributed by atoms with Gasteiger partial charge in [0.25, 0.3) is 0 Å². The molecule has 1 aliphatic carbocycles. The second-order valence-electron chi connectivity index (χ2n) is 3.64. The number of allylic oxidation sites excluding steroid dienone is 4. The molecule has 1 fully saturated rings. The van der Waals surface area contributed by atoms with Crippen molar-refractivity contribution in [1.82, 2.24) is 0 Å². The van der Waals surface area contributed by atoms with E-state index < -0.39 is 0 Å². The summed E-state index contributed by atoms with van der Waals surface area (Å²) in [7, 11) is 0. The largest absolute Gasteiger partial charge is 0.102 e. The molecule has 0 bridgehead atoms. The molecule has 1 atom stereocenters. The third-order valence-corrected chi connectivity index (χ3v) is 2.84. The first-order valence-corrected chi connectivity index (χ1v) is 4.67. The Labute approximate surface area is 75.7 Å². The fourth-order valence-corrected chi connectivity index (χ4v) is 1.73. The SMILES string of the molecule is C=CC(C)/C(C)=C1\CCCC1=C. The summed E-state index contributed by atoms with van der Waals surface area (Å²) in [6.45, 7) is 12.3. The summed E-state index contributed by atoms with van der Waals surface area (Å²) in [5, 5.41) is 0. The molecule has 0 heteroatoms. The zero-order valence-corrected chi connectivity index (χ0v) is 8.19. The smallest absolute Gasteiger partial charge is 0.00512 e. The average Bonchev–Trinajstić information content (AvgIpc) is 2.48. The first-order valence-electron chi connectivity index (χ1n) is 4.67. The highest BCUT2D eigenvalue weighted by Gasteiger charge is 2.15. The summed E-state index contributed by atoms with van der Waals surface area (Å²) in [5.74, 6) is 0.509. The van der Waals surface area contributed by atoms with Crippen LogP contribution in [-0.2, 0) is 0 Å². The van der Waals surface area contributed by atoms with Gasteiger partial charge in [0.05, 0.1) is 0 Å². The van der Waals surface area contributed by atoms with E-state index >= 15 is 0 Å². The quantitative estimate of drug-likeness (QED) is 0.541. The predicted octanol–water partition coefficient (Wildman–Crippen LogP) is 3.87. The molecule has 0 aromatic rings. The zero-order valence-electron chi connectivity index (χ0n) is 8.19. The van der Waals surface area contributed by atoms with E-state index in [0.29, 0.717) is 5.92 Å². The van der Waals surface area contributed by atoms with Gasteiger partial charge in [-0.1, -0.05) is 30.7 Å². The second-order valence-corrected chi connectivity index (χ2v) is 3.64. The van der Waals surface area contributed by atoms with Gasteiger partial charge < -0.3 is 0 Å². The number of rotatable bonds is 2. The topological polar surface area (TPSA) is 0 Å². The molecule has 1 aliphatic rings. The molecule has 0 aromatic heterocycles. The summed E-state index contributed by atoms with van der Waals surface area (Å²) < 4.78 is 0. The zero-order chi connectivity index (χ0) is 9.14. The highest BCUT2D eigenvalue weighted by molar-refractivity contribution is 5.37. The summed E-state index contributed by atoms with van der Waals surface area (Å²) in [6, 6.07) is 0. The van der Waals surface area contributed by atoms with Crippen LogP contribution in [-0.4, -0.2) is 0 Å². The van der Waals surface area contributed by atoms with Crippen LogP contribution >= 0.6 is 0 Å². The van der Waals surface area contributed by atoms with Gasteiger partial charge in [-0.2, -0.15) is 0 Å². The molecule has 0 saturated heterocycles. The molecule has 1 saturated carbocycles. The molecule has 0 heterocycles. The Morgan fingerprint density at radius 1 is 1.50 bits per heavy atom. The van der Waals surface area contributed by atoms with E-state index in [0.717, 1.165) is 0 Å². The minimum absolute atomic E-state index is 0.509. The van der Waals surface area contributed by atoms with Crippen molar-refractivity contribution < 1.29 is 0 Å². The molecule has 0 amide bonds. The van der Waals surface area contributed by atoms with Crippen LogP contribution in [0, 0.1) is 5.92 Å². The number of hydrogen-bond acceptors (Lipinski definition) is 0. The van der Waals surface area contributed by atoms with E-state index in [1.165, 1.54) is 36.0 Å². The molecule has 66 valence electrons. The predicted molar refractivity (Wildman–Crippen MR) is 55.1 cm³/mol. The van der Waals surface area contributed by atoms with Crippen molar-refractivity contribution in [3.8, 4) is 0 Å². The maximum absolute atomic E-state index is 4.08. The van der Waals surface area contributed by atoms with Crippen LogP contribution in [0.25, 0.3) is 0 Å². The third kappa shape index (κ3) is 1.69. The van der Waals surface area contributed by atoms with E-state index in [-0.39, 0.29) is 0 Å². The molecule has 0 spiro atoms. The van der Waals surface area contributed by atoms with Gasteiger partial charge in [0.1, 0.15) is 0 Å². The Balaban J connectivity index is 2.88. The van der Waals surface area contributed by atoms with E-state index in [2.05, 4.69) is 27.0 Å². The maximum Gasteiger partial charge on any atom is -0.00512 e. The molecule has 1 rings (SSSR count). The Bertz CT molecular complexity index is 230. The van der Waals surface area contributed by atoms with Gasteiger partial charge in [-0.3, -0.25) is 0 Å². The van der Waals surface area contributed by atoms with Gasteiger partial charge in [0.2, 0.25) is 0 Å².